The van der Waals surface area contributed by atoms with Crippen molar-refractivity contribution in [2.24, 2.45) is 10.2 Å². The number of aromatic hydroxyl groups is 1. The first-order valence-electron chi connectivity index (χ1n) is 7.12. The smallest absolute Gasteiger partial charge is 0.295 e. The zero-order valence-electron chi connectivity index (χ0n) is 13.1. The molecule has 3 rings (SSSR count). The predicted octanol–water partition coefficient (Wildman–Crippen LogP) is 3.81. The summed E-state index contributed by atoms with van der Waals surface area (Å²) in [5.74, 6) is 0.245. The van der Waals surface area contributed by atoms with Crippen LogP contribution < -0.4 is 9.47 Å². The second-order valence-corrected chi connectivity index (χ2v) is 4.94. The fourth-order valence-corrected chi connectivity index (χ4v) is 2.34. The van der Waals surface area contributed by atoms with Crippen LogP contribution in [0.2, 0.25) is 0 Å². The van der Waals surface area contributed by atoms with Gasteiger partial charge >= 0.3 is 0 Å². The Hall–Kier alpha value is -3.35. The molecule has 0 aliphatic rings. The van der Waals surface area contributed by atoms with E-state index in [1.807, 2.05) is 12.1 Å². The molecule has 7 nitrogen and oxygen atoms in total. The highest BCUT2D eigenvalue weighted by atomic mass is 16.5. The molecule has 0 spiro atoms. The Morgan fingerprint density at radius 2 is 1.83 bits per heavy atom. The number of benzene rings is 2. The van der Waals surface area contributed by atoms with Gasteiger partial charge in [0.05, 0.1) is 19.7 Å². The maximum Gasteiger partial charge on any atom is 0.295 e. The second-order valence-electron chi connectivity index (χ2n) is 4.94. The molecule has 0 saturated carbocycles. The first kappa shape index (κ1) is 15.5. The van der Waals surface area contributed by atoms with Gasteiger partial charge in [-0.15, -0.1) is 10.2 Å². The fraction of sp³-hybridized carbons (Fsp3) is 0.118. The van der Waals surface area contributed by atoms with Crippen LogP contribution in [0.5, 0.6) is 17.4 Å². The Bertz CT molecular complexity index is 931. The fourth-order valence-electron chi connectivity index (χ4n) is 2.34. The zero-order chi connectivity index (χ0) is 17.1. The van der Waals surface area contributed by atoms with Gasteiger partial charge in [-0.3, -0.25) is 4.79 Å². The lowest BCUT2D eigenvalue weighted by Gasteiger charge is -2.07. The summed E-state index contributed by atoms with van der Waals surface area (Å²) < 4.78 is 10.3. The van der Waals surface area contributed by atoms with Gasteiger partial charge in [0.2, 0.25) is 5.88 Å². The Morgan fingerprint density at radius 3 is 2.58 bits per heavy atom. The van der Waals surface area contributed by atoms with Crippen LogP contribution in [-0.4, -0.2) is 30.2 Å². The lowest BCUT2D eigenvalue weighted by Crippen LogP contribution is -1.97. The van der Waals surface area contributed by atoms with Gasteiger partial charge in [-0.25, -0.2) is 0 Å². The van der Waals surface area contributed by atoms with Gasteiger partial charge in [0.1, 0.15) is 0 Å². The van der Waals surface area contributed by atoms with E-state index in [0.29, 0.717) is 28.0 Å². The minimum absolute atomic E-state index is 0.139. The molecule has 1 amide bonds. The summed E-state index contributed by atoms with van der Waals surface area (Å²) in [5.41, 5.74) is 1.23. The number of aromatic amines is 1. The Morgan fingerprint density at radius 1 is 1.08 bits per heavy atom. The number of ether oxygens (including phenoxy) is 2. The maximum absolute atomic E-state index is 12.2. The lowest BCUT2D eigenvalue weighted by atomic mass is 10.2. The van der Waals surface area contributed by atoms with E-state index in [4.69, 9.17) is 9.47 Å². The van der Waals surface area contributed by atoms with Crippen molar-refractivity contribution >= 4 is 22.5 Å². The summed E-state index contributed by atoms with van der Waals surface area (Å²) in [6.07, 6.45) is 0. The van der Waals surface area contributed by atoms with Crippen LogP contribution in [0, 0.1) is 0 Å². The number of aromatic nitrogens is 1. The van der Waals surface area contributed by atoms with Gasteiger partial charge in [-0.05, 0) is 24.3 Å². The molecule has 2 N–H and O–H groups in total. The molecule has 0 aliphatic heterocycles. The van der Waals surface area contributed by atoms with Crippen molar-refractivity contribution in [3.63, 3.8) is 0 Å². The molecule has 1 aromatic heterocycles. The van der Waals surface area contributed by atoms with Crippen molar-refractivity contribution in [2.75, 3.05) is 14.2 Å². The number of amides is 1. The summed E-state index contributed by atoms with van der Waals surface area (Å²) in [7, 11) is 3.00. The molecule has 2 aromatic carbocycles. The monoisotopic (exact) mass is 325 g/mol. The Kier molecular flexibility index (Phi) is 4.15. The number of rotatable bonds is 4. The van der Waals surface area contributed by atoms with Crippen LogP contribution in [0.25, 0.3) is 10.9 Å². The van der Waals surface area contributed by atoms with E-state index in [-0.39, 0.29) is 11.6 Å². The highest BCUT2D eigenvalue weighted by Crippen LogP contribution is 2.35. The molecule has 0 bridgehead atoms. The molecular formula is C17H15N3O4. The normalized spacial score (nSPS) is 11.1. The third-order valence-electron chi connectivity index (χ3n) is 3.53. The molecule has 24 heavy (non-hydrogen) atoms. The number of hydrogen-bond acceptors (Lipinski definition) is 5. The Balaban J connectivity index is 1.91. The largest absolute Gasteiger partial charge is 0.493 e. The van der Waals surface area contributed by atoms with Crippen LogP contribution in [0.1, 0.15) is 10.4 Å². The first-order chi connectivity index (χ1) is 11.6. The number of hydrogen-bond donors (Lipinski definition) is 2. The number of methoxy groups -OCH3 is 2. The number of fused-ring (bicyclic) bond motifs is 1. The van der Waals surface area contributed by atoms with Gasteiger partial charge in [-0.2, -0.15) is 0 Å². The van der Waals surface area contributed by atoms with Crippen LogP contribution >= 0.6 is 0 Å². The molecular weight excluding hydrogens is 310 g/mol. The van der Waals surface area contributed by atoms with E-state index in [2.05, 4.69) is 15.2 Å². The topological polar surface area (TPSA) is 96.3 Å². The molecule has 0 fully saturated rings. The lowest BCUT2D eigenvalue weighted by molar-refractivity contribution is 0.0994. The molecule has 3 aromatic rings. The third-order valence-corrected chi connectivity index (χ3v) is 3.53. The molecule has 1 heterocycles. The summed E-state index contributed by atoms with van der Waals surface area (Å²) in [6.45, 7) is 0. The van der Waals surface area contributed by atoms with Crippen molar-refractivity contribution in [3.8, 4) is 17.4 Å². The number of nitrogens with zero attached hydrogens (tertiary/aromatic N) is 2. The van der Waals surface area contributed by atoms with Gasteiger partial charge in [-0.1, -0.05) is 18.2 Å². The minimum Gasteiger partial charge on any atom is -0.493 e. The molecule has 0 atom stereocenters. The molecule has 0 radical (unpaired) electrons. The second kappa shape index (κ2) is 6.41. The van der Waals surface area contributed by atoms with Gasteiger partial charge in [0.15, 0.2) is 17.2 Å². The van der Waals surface area contributed by atoms with Crippen LogP contribution in [0.4, 0.5) is 5.69 Å². The summed E-state index contributed by atoms with van der Waals surface area (Å²) in [5, 5.41) is 18.2. The molecule has 0 saturated heterocycles. The van der Waals surface area contributed by atoms with Crippen molar-refractivity contribution in [3.05, 3.63) is 48.0 Å². The SMILES string of the molecule is COc1ccc(C(=O)N=Nc2c(O)[nH]c3ccccc23)cc1OC. The van der Waals surface area contributed by atoms with E-state index in [1.165, 1.54) is 20.3 Å². The van der Waals surface area contributed by atoms with Gasteiger partial charge < -0.3 is 19.6 Å². The van der Waals surface area contributed by atoms with E-state index in [0.717, 1.165) is 0 Å². The van der Waals surface area contributed by atoms with E-state index in [1.54, 1.807) is 24.3 Å². The number of H-pyrrole nitrogens is 1. The van der Waals surface area contributed by atoms with Crippen LogP contribution in [0.3, 0.4) is 0 Å². The Labute approximate surface area is 137 Å². The molecule has 0 unspecified atom stereocenters. The number of carbonyl (C=O) groups is 1. The van der Waals surface area contributed by atoms with Gasteiger partial charge in [0, 0.05) is 10.9 Å². The van der Waals surface area contributed by atoms with Crippen molar-refractivity contribution in [2.45, 2.75) is 0 Å². The van der Waals surface area contributed by atoms with Gasteiger partial charge in [0.25, 0.3) is 5.91 Å². The number of para-hydroxylation sites is 1. The van der Waals surface area contributed by atoms with Crippen molar-refractivity contribution < 1.29 is 19.4 Å². The summed E-state index contributed by atoms with van der Waals surface area (Å²) in [4.78, 5) is 15.0. The molecule has 122 valence electrons. The maximum atomic E-state index is 12.2. The van der Waals surface area contributed by atoms with E-state index >= 15 is 0 Å². The standard InChI is InChI=1S/C17H15N3O4/c1-23-13-8-7-10(9-14(13)24-2)16(21)20-19-15-11-5-3-4-6-12(11)18-17(15)22/h3-9,18,22H,1-2H3. The third kappa shape index (κ3) is 2.79. The van der Waals surface area contributed by atoms with Crippen LogP contribution in [-0.2, 0) is 0 Å². The number of nitrogens with one attached hydrogen (secondary N) is 1. The van der Waals surface area contributed by atoms with E-state index < -0.39 is 5.91 Å². The predicted molar refractivity (Wildman–Crippen MR) is 88.4 cm³/mol. The summed E-state index contributed by atoms with van der Waals surface area (Å²) >= 11 is 0. The molecule has 0 aliphatic carbocycles. The van der Waals surface area contributed by atoms with Crippen LogP contribution in [0.15, 0.2) is 52.7 Å². The highest BCUT2D eigenvalue weighted by Gasteiger charge is 2.13. The van der Waals surface area contributed by atoms with Crippen molar-refractivity contribution in [1.29, 1.82) is 0 Å². The number of carbonyl (C=O) groups excluding carboxylic acids is 1. The first-order valence-corrected chi connectivity index (χ1v) is 7.12. The minimum atomic E-state index is -0.555. The quantitative estimate of drug-likeness (QED) is 0.713. The average molecular weight is 325 g/mol. The van der Waals surface area contributed by atoms with Crippen molar-refractivity contribution in [1.82, 2.24) is 4.98 Å². The summed E-state index contributed by atoms with van der Waals surface area (Å²) in [6, 6.07) is 11.9. The average Bonchev–Trinajstić information content (AvgIpc) is 2.94. The van der Waals surface area contributed by atoms with E-state index in [9.17, 15) is 9.90 Å². The highest BCUT2D eigenvalue weighted by molar-refractivity contribution is 5.97. The zero-order valence-corrected chi connectivity index (χ0v) is 13.1. The molecule has 7 heteroatoms. The number of azo groups is 1.